The van der Waals surface area contributed by atoms with Gasteiger partial charge in [-0.1, -0.05) is 12.2 Å². The number of carboxylic acid groups (broad SMARTS) is 1. The van der Waals surface area contributed by atoms with Gasteiger partial charge >= 0.3 is 5.97 Å². The first-order chi connectivity index (χ1) is 8.84. The largest absolute Gasteiger partial charge is 0.477 e. The van der Waals surface area contributed by atoms with Crippen LogP contribution in [0.1, 0.15) is 9.67 Å². The summed E-state index contributed by atoms with van der Waals surface area (Å²) in [6, 6.07) is 1.14. The van der Waals surface area contributed by atoms with E-state index in [1.807, 2.05) is 0 Å². The van der Waals surface area contributed by atoms with Gasteiger partial charge in [0.15, 0.2) is 0 Å². The number of hydrogen-bond donors (Lipinski definition) is 1. The molecule has 0 aliphatic heterocycles. The van der Waals surface area contributed by atoms with Crippen LogP contribution in [0.4, 0.5) is 0 Å². The molecule has 0 aliphatic rings. The fourth-order valence-electron chi connectivity index (χ4n) is 1.33. The first-order valence-electron chi connectivity index (χ1n) is 5.09. The number of halogens is 1. The van der Waals surface area contributed by atoms with Gasteiger partial charge < -0.3 is 5.11 Å². The smallest absolute Gasteiger partial charge is 0.345 e. The van der Waals surface area contributed by atoms with Crippen LogP contribution in [0, 0.1) is 0 Å². The van der Waals surface area contributed by atoms with Crippen LogP contribution in [0.2, 0.25) is 0 Å². The van der Waals surface area contributed by atoms with Crippen molar-refractivity contribution in [3.63, 3.8) is 0 Å². The number of sulfonamides is 1. The van der Waals surface area contributed by atoms with E-state index in [0.29, 0.717) is 0 Å². The van der Waals surface area contributed by atoms with Crippen molar-refractivity contribution in [1.29, 1.82) is 0 Å². The minimum atomic E-state index is -3.78. The predicted octanol–water partition coefficient (Wildman–Crippen LogP) is 2.57. The number of hydrogen-bond acceptors (Lipinski definition) is 4. The van der Waals surface area contributed by atoms with Gasteiger partial charge in [-0.25, -0.2) is 13.2 Å². The molecule has 0 radical (unpaired) electrons. The molecular formula is C11H12BrNO4S2. The lowest BCUT2D eigenvalue weighted by Crippen LogP contribution is -2.31. The number of thiophene rings is 1. The van der Waals surface area contributed by atoms with E-state index in [0.717, 1.165) is 21.7 Å². The van der Waals surface area contributed by atoms with E-state index in [4.69, 9.17) is 5.11 Å². The van der Waals surface area contributed by atoms with Gasteiger partial charge in [0.05, 0.1) is 3.79 Å². The molecule has 5 nitrogen and oxygen atoms in total. The molecule has 0 spiro atoms. The number of carbonyl (C=O) groups is 1. The molecule has 8 heteroatoms. The first kappa shape index (κ1) is 16.1. The third-order valence-electron chi connectivity index (χ3n) is 2.15. The first-order valence-corrected chi connectivity index (χ1v) is 8.14. The van der Waals surface area contributed by atoms with Crippen molar-refractivity contribution < 1.29 is 18.3 Å². The van der Waals surface area contributed by atoms with E-state index < -0.39 is 16.0 Å². The second-order valence-corrected chi connectivity index (χ2v) is 7.73. The maximum Gasteiger partial charge on any atom is 0.345 e. The summed E-state index contributed by atoms with van der Waals surface area (Å²) in [4.78, 5) is 10.8. The zero-order valence-electron chi connectivity index (χ0n) is 9.87. The Morgan fingerprint density at radius 3 is 2.32 bits per heavy atom. The van der Waals surface area contributed by atoms with E-state index >= 15 is 0 Å². The van der Waals surface area contributed by atoms with E-state index in [-0.39, 0.29) is 26.6 Å². The topological polar surface area (TPSA) is 74.7 Å². The summed E-state index contributed by atoms with van der Waals surface area (Å²) >= 11 is 3.95. The zero-order chi connectivity index (χ0) is 14.6. The third kappa shape index (κ3) is 3.53. The Morgan fingerprint density at radius 1 is 1.42 bits per heavy atom. The molecule has 1 aromatic heterocycles. The summed E-state index contributed by atoms with van der Waals surface area (Å²) in [6.45, 7) is 7.25. The molecule has 104 valence electrons. The van der Waals surface area contributed by atoms with Crippen LogP contribution in [0.25, 0.3) is 0 Å². The van der Waals surface area contributed by atoms with Crippen molar-refractivity contribution in [2.75, 3.05) is 13.1 Å². The highest BCUT2D eigenvalue weighted by atomic mass is 79.9. The van der Waals surface area contributed by atoms with Crippen molar-refractivity contribution >= 4 is 43.3 Å². The monoisotopic (exact) mass is 365 g/mol. The average molecular weight is 366 g/mol. The Hall–Kier alpha value is -0.960. The second kappa shape index (κ2) is 6.47. The molecule has 1 rings (SSSR count). The minimum Gasteiger partial charge on any atom is -0.477 e. The summed E-state index contributed by atoms with van der Waals surface area (Å²) in [5, 5.41) is 8.88. The number of rotatable bonds is 7. The highest BCUT2D eigenvalue weighted by molar-refractivity contribution is 9.11. The van der Waals surface area contributed by atoms with Crippen LogP contribution in [-0.2, 0) is 10.0 Å². The van der Waals surface area contributed by atoms with E-state index in [2.05, 4.69) is 29.1 Å². The van der Waals surface area contributed by atoms with E-state index in [9.17, 15) is 13.2 Å². The molecule has 0 atom stereocenters. The minimum absolute atomic E-state index is 0.0393. The Morgan fingerprint density at radius 2 is 1.95 bits per heavy atom. The fraction of sp³-hybridized carbons (Fsp3) is 0.182. The highest BCUT2D eigenvalue weighted by Gasteiger charge is 2.28. The van der Waals surface area contributed by atoms with Gasteiger partial charge in [-0.3, -0.25) is 0 Å². The van der Waals surface area contributed by atoms with Crippen LogP contribution in [-0.4, -0.2) is 36.9 Å². The number of aromatic carboxylic acids is 1. The van der Waals surface area contributed by atoms with Crippen LogP contribution in [0.3, 0.4) is 0 Å². The zero-order valence-corrected chi connectivity index (χ0v) is 13.1. The van der Waals surface area contributed by atoms with Gasteiger partial charge in [-0.2, -0.15) is 4.31 Å². The molecule has 1 N–H and O–H groups in total. The Kier molecular flexibility index (Phi) is 5.48. The van der Waals surface area contributed by atoms with Crippen LogP contribution in [0.5, 0.6) is 0 Å². The Bertz CT molecular complexity index is 596. The summed E-state index contributed by atoms with van der Waals surface area (Å²) < 4.78 is 26.2. The van der Waals surface area contributed by atoms with Gasteiger partial charge in [0.1, 0.15) is 9.77 Å². The predicted molar refractivity (Wildman–Crippen MR) is 78.1 cm³/mol. The van der Waals surface area contributed by atoms with Crippen molar-refractivity contribution in [3.8, 4) is 0 Å². The average Bonchev–Trinajstić information content (AvgIpc) is 2.72. The lowest BCUT2D eigenvalue weighted by molar-refractivity contribution is 0.0702. The normalized spacial score (nSPS) is 11.5. The number of nitrogens with zero attached hydrogens (tertiary/aromatic N) is 1. The molecule has 1 heterocycles. The van der Waals surface area contributed by atoms with E-state index in [1.165, 1.54) is 12.2 Å². The van der Waals surface area contributed by atoms with Crippen molar-refractivity contribution in [3.05, 3.63) is 40.0 Å². The molecule has 1 aromatic rings. The maximum atomic E-state index is 12.4. The van der Waals surface area contributed by atoms with Crippen molar-refractivity contribution in [2.24, 2.45) is 0 Å². The molecule has 19 heavy (non-hydrogen) atoms. The summed E-state index contributed by atoms with van der Waals surface area (Å²) in [5.41, 5.74) is 0. The highest BCUT2D eigenvalue weighted by Crippen LogP contribution is 2.33. The Labute approximate surface area is 124 Å². The van der Waals surface area contributed by atoms with Crippen molar-refractivity contribution in [1.82, 2.24) is 4.31 Å². The Balaban J connectivity index is 3.28. The summed E-state index contributed by atoms with van der Waals surface area (Å²) in [5.74, 6) is -1.16. The standard InChI is InChI=1S/C11H12BrNO4S2/c1-3-5-13(6-4-2)19(16,17)9-7-8(11(14)15)18-10(9)12/h3-4,7H,1-2,5-6H2,(H,14,15). The lowest BCUT2D eigenvalue weighted by atomic mass is 10.5. The van der Waals surface area contributed by atoms with Gasteiger partial charge in [-0.15, -0.1) is 24.5 Å². The lowest BCUT2D eigenvalue weighted by Gasteiger charge is -2.18. The van der Waals surface area contributed by atoms with Crippen LogP contribution >= 0.6 is 27.3 Å². The van der Waals surface area contributed by atoms with Gasteiger partial charge in [0.25, 0.3) is 0 Å². The van der Waals surface area contributed by atoms with E-state index in [1.54, 1.807) is 0 Å². The number of carboxylic acids is 1. The SMILES string of the molecule is C=CCN(CC=C)S(=O)(=O)c1cc(C(=O)O)sc1Br. The van der Waals surface area contributed by atoms with Gasteiger partial charge in [0, 0.05) is 13.1 Å². The van der Waals surface area contributed by atoms with Crippen molar-refractivity contribution in [2.45, 2.75) is 4.90 Å². The molecule has 0 unspecified atom stereocenters. The third-order valence-corrected chi connectivity index (χ3v) is 6.22. The van der Waals surface area contributed by atoms with Crippen LogP contribution < -0.4 is 0 Å². The molecule has 0 amide bonds. The molecule has 0 bridgehead atoms. The molecule has 0 saturated carbocycles. The maximum absolute atomic E-state index is 12.4. The summed E-state index contributed by atoms with van der Waals surface area (Å²) in [6.07, 6.45) is 2.92. The fourth-order valence-corrected chi connectivity index (χ4v) is 5.07. The second-order valence-electron chi connectivity index (χ2n) is 3.45. The van der Waals surface area contributed by atoms with Gasteiger partial charge in [0.2, 0.25) is 10.0 Å². The van der Waals surface area contributed by atoms with Crippen LogP contribution in [0.15, 0.2) is 40.1 Å². The quantitative estimate of drug-likeness (QED) is 0.753. The summed E-state index contributed by atoms with van der Waals surface area (Å²) in [7, 11) is -3.78. The molecule has 0 aromatic carbocycles. The molecular weight excluding hydrogens is 354 g/mol. The van der Waals surface area contributed by atoms with Gasteiger partial charge in [-0.05, 0) is 22.0 Å². The molecule has 0 aliphatic carbocycles. The molecule has 0 saturated heterocycles. The molecule has 0 fully saturated rings.